The number of carbonyl (C=O) groups is 1. The number of hydrogen-bond donors (Lipinski definition) is 1. The molecule has 0 saturated heterocycles. The number of oxazole rings is 1. The summed E-state index contributed by atoms with van der Waals surface area (Å²) in [5.74, 6) is 1.04. The van der Waals surface area contributed by atoms with Crippen molar-refractivity contribution >= 4 is 11.6 Å². The summed E-state index contributed by atoms with van der Waals surface area (Å²) in [5, 5.41) is 2.82. The van der Waals surface area contributed by atoms with Gasteiger partial charge in [0.2, 0.25) is 5.91 Å². The standard InChI is InChI=1S/C14H16N2O3/c1-9-4-5-12(18-3)11(6-9)16-14(17)7-13-10(2)15-8-19-13/h4-6,8H,7H2,1-3H3,(H,16,17). The molecule has 5 nitrogen and oxygen atoms in total. The van der Waals surface area contributed by atoms with Crippen LogP contribution in [0.5, 0.6) is 5.75 Å². The SMILES string of the molecule is COc1ccc(C)cc1NC(=O)Cc1ocnc1C. The molecule has 0 aliphatic rings. The number of nitrogens with zero attached hydrogens (tertiary/aromatic N) is 1. The fourth-order valence-electron chi connectivity index (χ4n) is 1.76. The van der Waals surface area contributed by atoms with Crippen LogP contribution in [0.15, 0.2) is 29.0 Å². The molecule has 0 aliphatic heterocycles. The monoisotopic (exact) mass is 260 g/mol. The Balaban J connectivity index is 2.11. The summed E-state index contributed by atoms with van der Waals surface area (Å²) >= 11 is 0. The zero-order chi connectivity index (χ0) is 13.8. The number of ether oxygens (including phenoxy) is 1. The lowest BCUT2D eigenvalue weighted by atomic mass is 10.2. The average molecular weight is 260 g/mol. The van der Waals surface area contributed by atoms with Gasteiger partial charge >= 0.3 is 0 Å². The largest absolute Gasteiger partial charge is 0.495 e. The fourth-order valence-corrected chi connectivity index (χ4v) is 1.76. The van der Waals surface area contributed by atoms with Crippen molar-refractivity contribution in [3.05, 3.63) is 41.6 Å². The Kier molecular flexibility index (Phi) is 3.85. The first-order valence-corrected chi connectivity index (χ1v) is 5.93. The molecule has 0 fully saturated rings. The van der Waals surface area contributed by atoms with Crippen molar-refractivity contribution in [1.82, 2.24) is 4.98 Å². The summed E-state index contributed by atoms with van der Waals surface area (Å²) in [5.41, 5.74) is 2.43. The van der Waals surface area contributed by atoms with E-state index < -0.39 is 0 Å². The molecule has 0 atom stereocenters. The summed E-state index contributed by atoms with van der Waals surface area (Å²) in [6, 6.07) is 5.61. The predicted molar refractivity (Wildman–Crippen MR) is 71.3 cm³/mol. The van der Waals surface area contributed by atoms with E-state index in [1.807, 2.05) is 25.1 Å². The minimum Gasteiger partial charge on any atom is -0.495 e. The highest BCUT2D eigenvalue weighted by Crippen LogP contribution is 2.25. The molecule has 1 aromatic carbocycles. The van der Waals surface area contributed by atoms with E-state index in [0.29, 0.717) is 17.2 Å². The van der Waals surface area contributed by atoms with E-state index in [0.717, 1.165) is 11.3 Å². The summed E-state index contributed by atoms with van der Waals surface area (Å²) in [7, 11) is 1.57. The Morgan fingerprint density at radius 3 is 2.84 bits per heavy atom. The van der Waals surface area contributed by atoms with E-state index in [1.54, 1.807) is 14.0 Å². The number of aryl methyl sites for hydroxylation is 2. The van der Waals surface area contributed by atoms with Gasteiger partial charge < -0.3 is 14.5 Å². The van der Waals surface area contributed by atoms with E-state index in [9.17, 15) is 4.79 Å². The lowest BCUT2D eigenvalue weighted by molar-refractivity contribution is -0.115. The Labute approximate surface area is 111 Å². The van der Waals surface area contributed by atoms with E-state index in [4.69, 9.17) is 9.15 Å². The van der Waals surface area contributed by atoms with Gasteiger partial charge in [-0.3, -0.25) is 4.79 Å². The number of hydrogen-bond acceptors (Lipinski definition) is 4. The molecule has 100 valence electrons. The quantitative estimate of drug-likeness (QED) is 0.917. The molecule has 19 heavy (non-hydrogen) atoms. The number of amides is 1. The van der Waals surface area contributed by atoms with Crippen LogP contribution in [0.3, 0.4) is 0 Å². The van der Waals surface area contributed by atoms with Crippen molar-refractivity contribution < 1.29 is 13.9 Å². The Bertz CT molecular complexity index is 590. The first kappa shape index (κ1) is 13.1. The second-order valence-electron chi connectivity index (χ2n) is 4.29. The molecule has 1 N–H and O–H groups in total. The molecule has 1 aromatic heterocycles. The van der Waals surface area contributed by atoms with Crippen LogP contribution in [0.4, 0.5) is 5.69 Å². The second kappa shape index (κ2) is 5.56. The first-order valence-electron chi connectivity index (χ1n) is 5.93. The van der Waals surface area contributed by atoms with Gasteiger partial charge in [0.05, 0.1) is 24.9 Å². The highest BCUT2D eigenvalue weighted by Gasteiger charge is 2.12. The number of methoxy groups -OCH3 is 1. The van der Waals surface area contributed by atoms with Gasteiger partial charge in [0.15, 0.2) is 6.39 Å². The van der Waals surface area contributed by atoms with Gasteiger partial charge in [0.1, 0.15) is 11.5 Å². The predicted octanol–water partition coefficient (Wildman–Crippen LogP) is 2.48. The fraction of sp³-hybridized carbons (Fsp3) is 0.286. The van der Waals surface area contributed by atoms with Crippen LogP contribution in [-0.4, -0.2) is 18.0 Å². The number of anilines is 1. The molecular weight excluding hydrogens is 244 g/mol. The van der Waals surface area contributed by atoms with Crippen LogP contribution in [-0.2, 0) is 11.2 Å². The lowest BCUT2D eigenvalue weighted by Crippen LogP contribution is -2.15. The molecule has 2 aromatic rings. The molecule has 0 bridgehead atoms. The highest BCUT2D eigenvalue weighted by atomic mass is 16.5. The Hall–Kier alpha value is -2.30. The topological polar surface area (TPSA) is 64.4 Å². The Morgan fingerprint density at radius 1 is 1.42 bits per heavy atom. The number of benzene rings is 1. The van der Waals surface area contributed by atoms with Gasteiger partial charge in [-0.25, -0.2) is 4.98 Å². The normalized spacial score (nSPS) is 10.3. The van der Waals surface area contributed by atoms with Crippen molar-refractivity contribution in [3.8, 4) is 5.75 Å². The minimum atomic E-state index is -0.163. The molecule has 1 heterocycles. The van der Waals surface area contributed by atoms with Crippen molar-refractivity contribution in [2.75, 3.05) is 12.4 Å². The van der Waals surface area contributed by atoms with Crippen molar-refractivity contribution in [1.29, 1.82) is 0 Å². The molecular formula is C14H16N2O3. The third-order valence-electron chi connectivity index (χ3n) is 2.80. The molecule has 1 amide bonds. The van der Waals surface area contributed by atoms with E-state index >= 15 is 0 Å². The number of aromatic nitrogens is 1. The van der Waals surface area contributed by atoms with Gasteiger partial charge in [-0.05, 0) is 31.5 Å². The number of nitrogens with one attached hydrogen (secondary N) is 1. The van der Waals surface area contributed by atoms with Crippen LogP contribution in [0, 0.1) is 13.8 Å². The van der Waals surface area contributed by atoms with Crippen LogP contribution in [0.25, 0.3) is 0 Å². The first-order chi connectivity index (χ1) is 9.10. The number of rotatable bonds is 4. The number of carbonyl (C=O) groups excluding carboxylic acids is 1. The molecule has 2 rings (SSSR count). The summed E-state index contributed by atoms with van der Waals surface area (Å²) in [4.78, 5) is 15.9. The third kappa shape index (κ3) is 3.13. The van der Waals surface area contributed by atoms with Gasteiger partial charge in [-0.2, -0.15) is 0 Å². The highest BCUT2D eigenvalue weighted by molar-refractivity contribution is 5.93. The smallest absolute Gasteiger partial charge is 0.232 e. The maximum atomic E-state index is 12.0. The molecule has 0 aliphatic carbocycles. The zero-order valence-electron chi connectivity index (χ0n) is 11.2. The average Bonchev–Trinajstić information content (AvgIpc) is 2.75. The minimum absolute atomic E-state index is 0.156. The maximum absolute atomic E-state index is 12.0. The van der Waals surface area contributed by atoms with E-state index in [1.165, 1.54) is 6.39 Å². The van der Waals surface area contributed by atoms with Crippen LogP contribution >= 0.6 is 0 Å². The van der Waals surface area contributed by atoms with Gasteiger partial charge in [-0.1, -0.05) is 6.07 Å². The van der Waals surface area contributed by atoms with Crippen molar-refractivity contribution in [2.24, 2.45) is 0 Å². The van der Waals surface area contributed by atoms with Gasteiger partial charge in [-0.15, -0.1) is 0 Å². The molecule has 0 saturated carbocycles. The summed E-state index contributed by atoms with van der Waals surface area (Å²) in [6.45, 7) is 3.76. The van der Waals surface area contributed by atoms with E-state index in [-0.39, 0.29) is 12.3 Å². The van der Waals surface area contributed by atoms with Crippen molar-refractivity contribution in [2.45, 2.75) is 20.3 Å². The van der Waals surface area contributed by atoms with E-state index in [2.05, 4.69) is 10.3 Å². The van der Waals surface area contributed by atoms with Gasteiger partial charge in [0, 0.05) is 0 Å². The van der Waals surface area contributed by atoms with Crippen LogP contribution in [0.1, 0.15) is 17.0 Å². The molecule has 5 heteroatoms. The van der Waals surface area contributed by atoms with Gasteiger partial charge in [0.25, 0.3) is 0 Å². The molecule has 0 unspecified atom stereocenters. The summed E-state index contributed by atoms with van der Waals surface area (Å²) in [6.07, 6.45) is 1.49. The third-order valence-corrected chi connectivity index (χ3v) is 2.80. The molecule has 0 spiro atoms. The summed E-state index contributed by atoms with van der Waals surface area (Å²) < 4.78 is 10.4. The zero-order valence-corrected chi connectivity index (χ0v) is 11.2. The molecule has 0 radical (unpaired) electrons. The van der Waals surface area contributed by atoms with Crippen LogP contribution in [0.2, 0.25) is 0 Å². The maximum Gasteiger partial charge on any atom is 0.232 e. The lowest BCUT2D eigenvalue weighted by Gasteiger charge is -2.10. The van der Waals surface area contributed by atoms with Crippen LogP contribution < -0.4 is 10.1 Å². The van der Waals surface area contributed by atoms with Crippen molar-refractivity contribution in [3.63, 3.8) is 0 Å². The Morgan fingerprint density at radius 2 is 2.21 bits per heavy atom. The second-order valence-corrected chi connectivity index (χ2v) is 4.29.